The molecule has 0 saturated heterocycles. The molecule has 3 atom stereocenters. The number of thiophene rings is 1. The van der Waals surface area contributed by atoms with Gasteiger partial charge in [-0.2, -0.15) is 0 Å². The Kier molecular flexibility index (Phi) is 4.54. The van der Waals surface area contributed by atoms with Gasteiger partial charge in [-0.25, -0.2) is 13.1 Å². The summed E-state index contributed by atoms with van der Waals surface area (Å²) in [6.45, 7) is 4.18. The van der Waals surface area contributed by atoms with Crippen molar-refractivity contribution in [2.75, 3.05) is 5.73 Å². The number of nitrogens with two attached hydrogens (primary N) is 1. The first kappa shape index (κ1) is 16.2. The smallest absolute Gasteiger partial charge is 0.304 e. The van der Waals surface area contributed by atoms with Crippen molar-refractivity contribution in [3.05, 3.63) is 16.2 Å². The summed E-state index contributed by atoms with van der Waals surface area (Å²) in [5.41, 5.74) is 5.15. The molecule has 0 aliphatic heterocycles. The van der Waals surface area contributed by atoms with Crippen molar-refractivity contribution in [3.63, 3.8) is 0 Å². The van der Waals surface area contributed by atoms with Crippen LogP contribution in [-0.4, -0.2) is 19.4 Å². The summed E-state index contributed by atoms with van der Waals surface area (Å²) in [7, 11) is -3.76. The van der Waals surface area contributed by atoms with E-state index in [1.807, 2.05) is 6.92 Å². The van der Waals surface area contributed by atoms with Crippen LogP contribution in [0, 0.1) is 22.0 Å². The summed E-state index contributed by atoms with van der Waals surface area (Å²) in [5.74, 6) is 0.843. The van der Waals surface area contributed by atoms with E-state index in [0.29, 0.717) is 5.92 Å². The fourth-order valence-electron chi connectivity index (χ4n) is 2.75. The van der Waals surface area contributed by atoms with Crippen LogP contribution in [0.3, 0.4) is 0 Å². The monoisotopic (exact) mass is 333 g/mol. The quantitative estimate of drug-likeness (QED) is 0.648. The van der Waals surface area contributed by atoms with Crippen LogP contribution >= 0.6 is 11.3 Å². The van der Waals surface area contributed by atoms with Crippen molar-refractivity contribution in [3.8, 4) is 0 Å². The number of nitrogens with one attached hydrogen (secondary N) is 1. The SMILES string of the molecule is CC1CCC(NS(=O)(=O)c2cc([N+](=O)[O-])c(N)s2)C(C)C1. The molecule has 1 aromatic heterocycles. The van der Waals surface area contributed by atoms with Crippen molar-refractivity contribution in [1.29, 1.82) is 0 Å². The van der Waals surface area contributed by atoms with Gasteiger partial charge in [-0.15, -0.1) is 0 Å². The van der Waals surface area contributed by atoms with Gasteiger partial charge >= 0.3 is 5.69 Å². The van der Waals surface area contributed by atoms with Gasteiger partial charge < -0.3 is 5.73 Å². The predicted octanol–water partition coefficient (Wildman–Crippen LogP) is 2.34. The van der Waals surface area contributed by atoms with Crippen molar-refractivity contribution in [2.24, 2.45) is 11.8 Å². The summed E-state index contributed by atoms with van der Waals surface area (Å²) in [6.07, 6.45) is 2.73. The van der Waals surface area contributed by atoms with Gasteiger partial charge in [0, 0.05) is 12.1 Å². The summed E-state index contributed by atoms with van der Waals surface area (Å²) < 4.78 is 27.2. The van der Waals surface area contributed by atoms with E-state index in [0.717, 1.165) is 36.7 Å². The molecule has 1 aliphatic carbocycles. The number of anilines is 1. The number of nitrogen functional groups attached to an aromatic ring is 1. The average Bonchev–Trinajstić information content (AvgIpc) is 2.76. The van der Waals surface area contributed by atoms with Gasteiger partial charge in [0.15, 0.2) is 5.00 Å². The Balaban J connectivity index is 2.19. The minimum Gasteiger partial charge on any atom is -0.385 e. The van der Waals surface area contributed by atoms with Crippen molar-refractivity contribution < 1.29 is 13.3 Å². The molecule has 1 aliphatic rings. The van der Waals surface area contributed by atoms with Gasteiger partial charge in [0.25, 0.3) is 10.0 Å². The second kappa shape index (κ2) is 5.90. The van der Waals surface area contributed by atoms with Gasteiger partial charge in [0.1, 0.15) is 4.21 Å². The minimum atomic E-state index is -3.76. The number of nitrogens with zero attached hydrogens (tertiary/aromatic N) is 1. The first-order valence-corrected chi connectivity index (χ1v) is 9.06. The fraction of sp³-hybridized carbons (Fsp3) is 0.667. The van der Waals surface area contributed by atoms with Crippen molar-refractivity contribution in [1.82, 2.24) is 4.72 Å². The molecule has 0 amide bonds. The zero-order valence-corrected chi connectivity index (χ0v) is 13.5. The first-order valence-electron chi connectivity index (χ1n) is 6.76. The van der Waals surface area contributed by atoms with E-state index in [1.165, 1.54) is 0 Å². The zero-order chi connectivity index (χ0) is 15.8. The number of nitro groups is 1. The molecule has 0 spiro atoms. The van der Waals surface area contributed by atoms with E-state index in [9.17, 15) is 18.5 Å². The van der Waals surface area contributed by atoms with Gasteiger partial charge in [-0.1, -0.05) is 25.2 Å². The third-order valence-corrected chi connectivity index (χ3v) is 6.83. The van der Waals surface area contributed by atoms with Crippen LogP contribution in [0.4, 0.5) is 10.7 Å². The zero-order valence-electron chi connectivity index (χ0n) is 11.9. The van der Waals surface area contributed by atoms with Gasteiger partial charge in [-0.05, 0) is 31.1 Å². The van der Waals surface area contributed by atoms with E-state index in [1.54, 1.807) is 0 Å². The minimum absolute atomic E-state index is 0.0920. The third kappa shape index (κ3) is 3.53. The highest BCUT2D eigenvalue weighted by Gasteiger charge is 2.31. The lowest BCUT2D eigenvalue weighted by atomic mass is 9.80. The third-order valence-electron chi connectivity index (χ3n) is 3.92. The van der Waals surface area contributed by atoms with E-state index < -0.39 is 14.9 Å². The Hall–Kier alpha value is -1.19. The maximum Gasteiger partial charge on any atom is 0.304 e. The van der Waals surface area contributed by atoms with Crippen LogP contribution in [0.2, 0.25) is 0 Å². The van der Waals surface area contributed by atoms with E-state index in [2.05, 4.69) is 11.6 Å². The predicted molar refractivity (Wildman–Crippen MR) is 81.7 cm³/mol. The molecule has 1 fully saturated rings. The van der Waals surface area contributed by atoms with E-state index >= 15 is 0 Å². The second-order valence-electron chi connectivity index (χ2n) is 5.70. The van der Waals surface area contributed by atoms with Crippen LogP contribution in [0.25, 0.3) is 0 Å². The number of hydrogen-bond acceptors (Lipinski definition) is 6. The highest BCUT2D eigenvalue weighted by Crippen LogP contribution is 2.35. The normalized spacial score (nSPS) is 26.7. The largest absolute Gasteiger partial charge is 0.385 e. The molecule has 3 N–H and O–H groups in total. The molecule has 2 rings (SSSR count). The average molecular weight is 333 g/mol. The van der Waals surface area contributed by atoms with Crippen molar-refractivity contribution in [2.45, 2.75) is 43.4 Å². The van der Waals surface area contributed by atoms with Crippen LogP contribution in [0.1, 0.15) is 33.1 Å². The maximum atomic E-state index is 12.3. The highest BCUT2D eigenvalue weighted by molar-refractivity contribution is 7.91. The Bertz CT molecular complexity index is 641. The van der Waals surface area contributed by atoms with Gasteiger partial charge in [-0.3, -0.25) is 10.1 Å². The molecule has 0 bridgehead atoms. The molecule has 1 heterocycles. The van der Waals surface area contributed by atoms with Crippen molar-refractivity contribution >= 4 is 32.0 Å². The van der Waals surface area contributed by atoms with Crippen LogP contribution in [0.5, 0.6) is 0 Å². The molecule has 9 heteroatoms. The summed E-state index contributed by atoms with van der Waals surface area (Å²) >= 11 is 0.726. The topological polar surface area (TPSA) is 115 Å². The van der Waals surface area contributed by atoms with Gasteiger partial charge in [0.05, 0.1) is 4.92 Å². The van der Waals surface area contributed by atoms with E-state index in [4.69, 9.17) is 5.73 Å². The lowest BCUT2D eigenvalue weighted by Crippen LogP contribution is -2.42. The number of hydrogen-bond donors (Lipinski definition) is 2. The number of sulfonamides is 1. The molecule has 1 saturated carbocycles. The Morgan fingerprint density at radius 3 is 2.62 bits per heavy atom. The van der Waals surface area contributed by atoms with Gasteiger partial charge in [0.2, 0.25) is 0 Å². The summed E-state index contributed by atoms with van der Waals surface area (Å²) in [4.78, 5) is 10.1. The molecule has 0 aromatic carbocycles. The number of rotatable bonds is 4. The lowest BCUT2D eigenvalue weighted by Gasteiger charge is -2.32. The molecule has 118 valence electrons. The molecule has 0 radical (unpaired) electrons. The lowest BCUT2D eigenvalue weighted by molar-refractivity contribution is -0.383. The molecule has 7 nitrogen and oxygen atoms in total. The highest BCUT2D eigenvalue weighted by atomic mass is 32.2. The molecule has 3 unspecified atom stereocenters. The van der Waals surface area contributed by atoms with Crippen LogP contribution < -0.4 is 10.5 Å². The standard InChI is InChI=1S/C12H19N3O4S2/c1-7-3-4-9(8(2)5-7)14-21(18,19)11-6-10(15(16)17)12(13)20-11/h6-9,14H,3-5,13H2,1-2H3. The molecular formula is C12H19N3O4S2. The molecule has 1 aromatic rings. The Morgan fingerprint density at radius 1 is 1.43 bits per heavy atom. The fourth-order valence-corrected chi connectivity index (χ4v) is 5.36. The molecular weight excluding hydrogens is 314 g/mol. The first-order chi connectivity index (χ1) is 9.70. The van der Waals surface area contributed by atoms with E-state index in [-0.39, 0.29) is 26.9 Å². The molecule has 21 heavy (non-hydrogen) atoms. The second-order valence-corrected chi connectivity index (χ2v) is 8.72. The Morgan fingerprint density at radius 2 is 2.10 bits per heavy atom. The van der Waals surface area contributed by atoms with Crippen LogP contribution in [-0.2, 0) is 10.0 Å². The summed E-state index contributed by atoms with van der Waals surface area (Å²) in [6, 6.07) is 0.895. The summed E-state index contributed by atoms with van der Waals surface area (Å²) in [5, 5.41) is 10.7. The van der Waals surface area contributed by atoms with Crippen LogP contribution in [0.15, 0.2) is 10.3 Å². The maximum absolute atomic E-state index is 12.3. The Labute approximate surface area is 127 Å².